The molecule has 3 rings (SSSR count). The van der Waals surface area contributed by atoms with Gasteiger partial charge in [0.05, 0.1) is 22.6 Å². The van der Waals surface area contributed by atoms with E-state index in [1.54, 1.807) is 26.0 Å². The van der Waals surface area contributed by atoms with Crippen molar-refractivity contribution >= 4 is 33.2 Å². The standard InChI is InChI=1S/C18H24N4O5S2/c1-18(2,24)15-6-5-14(28-15)16(23)13-8-20-10-21-17(13)22-12-4-3-11(7-12)9-27-29(19,25)26/h5-6,8,10-12,24H,3-4,7,9H2,1-2H3,(H2,19,25,26)(H,20,21,22)/t11-,12+/m1/s1. The first-order chi connectivity index (χ1) is 13.5. The van der Waals surface area contributed by atoms with Crippen molar-refractivity contribution in [3.63, 3.8) is 0 Å². The molecule has 2 aromatic heterocycles. The molecule has 0 unspecified atom stereocenters. The lowest BCUT2D eigenvalue weighted by Crippen LogP contribution is -2.22. The molecule has 2 aromatic rings. The average Bonchev–Trinajstić information content (AvgIpc) is 3.28. The minimum atomic E-state index is -3.95. The summed E-state index contributed by atoms with van der Waals surface area (Å²) in [6.45, 7) is 3.38. The number of carbonyl (C=O) groups excluding carboxylic acids is 1. The fourth-order valence-electron chi connectivity index (χ4n) is 3.27. The molecule has 4 N–H and O–H groups in total. The van der Waals surface area contributed by atoms with Gasteiger partial charge in [0.2, 0.25) is 5.78 Å². The van der Waals surface area contributed by atoms with Crippen LogP contribution in [0.2, 0.25) is 0 Å². The summed E-state index contributed by atoms with van der Waals surface area (Å²) < 4.78 is 26.6. The molecule has 0 aromatic carbocycles. The smallest absolute Gasteiger partial charge is 0.333 e. The van der Waals surface area contributed by atoms with Crippen LogP contribution >= 0.6 is 11.3 Å². The number of ketones is 1. The number of carbonyl (C=O) groups is 1. The largest absolute Gasteiger partial charge is 0.385 e. The van der Waals surface area contributed by atoms with Crippen LogP contribution < -0.4 is 10.5 Å². The highest BCUT2D eigenvalue weighted by Gasteiger charge is 2.28. The van der Waals surface area contributed by atoms with E-state index >= 15 is 0 Å². The van der Waals surface area contributed by atoms with E-state index < -0.39 is 15.9 Å². The molecule has 0 radical (unpaired) electrons. The second-order valence-corrected chi connectivity index (χ2v) is 9.94. The van der Waals surface area contributed by atoms with Gasteiger partial charge in [-0.3, -0.25) is 8.98 Å². The second-order valence-electron chi connectivity index (χ2n) is 7.63. The van der Waals surface area contributed by atoms with Crippen molar-refractivity contribution in [3.8, 4) is 0 Å². The number of aliphatic hydroxyl groups is 1. The Bertz CT molecular complexity index is 984. The first-order valence-corrected chi connectivity index (χ1v) is 11.4. The van der Waals surface area contributed by atoms with Gasteiger partial charge in [0.25, 0.3) is 0 Å². The maximum absolute atomic E-state index is 13.0. The van der Waals surface area contributed by atoms with E-state index in [9.17, 15) is 18.3 Å². The average molecular weight is 441 g/mol. The van der Waals surface area contributed by atoms with Crippen molar-refractivity contribution in [2.45, 2.75) is 44.8 Å². The van der Waals surface area contributed by atoms with Gasteiger partial charge in [0.1, 0.15) is 12.1 Å². The molecule has 2 heterocycles. The zero-order valence-corrected chi connectivity index (χ0v) is 17.8. The molecule has 158 valence electrons. The number of hydrogen-bond donors (Lipinski definition) is 3. The summed E-state index contributed by atoms with van der Waals surface area (Å²) in [4.78, 5) is 22.3. The molecule has 29 heavy (non-hydrogen) atoms. The minimum Gasteiger partial charge on any atom is -0.385 e. The van der Waals surface area contributed by atoms with Gasteiger partial charge < -0.3 is 10.4 Å². The fourth-order valence-corrected chi connectivity index (χ4v) is 4.62. The van der Waals surface area contributed by atoms with Crippen molar-refractivity contribution in [3.05, 3.63) is 40.0 Å². The molecule has 0 saturated heterocycles. The molecule has 1 saturated carbocycles. The van der Waals surface area contributed by atoms with Crippen LogP contribution in [0.3, 0.4) is 0 Å². The van der Waals surface area contributed by atoms with E-state index in [0.29, 0.717) is 27.6 Å². The summed E-state index contributed by atoms with van der Waals surface area (Å²) in [5.41, 5.74) is -0.670. The first-order valence-electron chi connectivity index (χ1n) is 9.14. The van der Waals surface area contributed by atoms with Crippen LogP contribution in [-0.2, 0) is 20.1 Å². The number of anilines is 1. The number of hydrogen-bond acceptors (Lipinski definition) is 9. The second kappa shape index (κ2) is 8.44. The highest BCUT2D eigenvalue weighted by atomic mass is 32.2. The topological polar surface area (TPSA) is 144 Å². The van der Waals surface area contributed by atoms with Crippen LogP contribution in [0.4, 0.5) is 5.82 Å². The van der Waals surface area contributed by atoms with Crippen molar-refractivity contribution in [2.24, 2.45) is 11.1 Å². The van der Waals surface area contributed by atoms with Crippen LogP contribution in [0.25, 0.3) is 0 Å². The molecule has 1 aliphatic rings. The normalized spacial score (nSPS) is 20.0. The van der Waals surface area contributed by atoms with Crippen LogP contribution in [0, 0.1) is 5.92 Å². The van der Waals surface area contributed by atoms with Gasteiger partial charge in [-0.2, -0.15) is 8.42 Å². The zero-order valence-electron chi connectivity index (χ0n) is 16.2. The summed E-state index contributed by atoms with van der Waals surface area (Å²) in [5.74, 6) is 0.264. The van der Waals surface area contributed by atoms with Crippen molar-refractivity contribution in [2.75, 3.05) is 11.9 Å². The summed E-state index contributed by atoms with van der Waals surface area (Å²) in [6, 6.07) is 3.45. The third-order valence-electron chi connectivity index (χ3n) is 4.74. The molecule has 1 aliphatic carbocycles. The lowest BCUT2D eigenvalue weighted by molar-refractivity contribution is 0.0825. The lowest BCUT2D eigenvalue weighted by Gasteiger charge is -2.16. The summed E-state index contributed by atoms with van der Waals surface area (Å²) >= 11 is 1.24. The van der Waals surface area contributed by atoms with E-state index in [1.165, 1.54) is 23.9 Å². The van der Waals surface area contributed by atoms with Crippen LogP contribution in [-0.4, -0.2) is 41.9 Å². The first kappa shape index (κ1) is 21.8. The Balaban J connectivity index is 1.70. The van der Waals surface area contributed by atoms with Crippen LogP contribution in [0.5, 0.6) is 0 Å². The Hall–Kier alpha value is -1.92. The molecular formula is C18H24N4O5S2. The molecule has 0 amide bonds. The summed E-state index contributed by atoms with van der Waals surface area (Å²) in [5, 5.41) is 18.3. The van der Waals surface area contributed by atoms with Gasteiger partial charge in [-0.15, -0.1) is 11.3 Å². The van der Waals surface area contributed by atoms with Gasteiger partial charge in [0.15, 0.2) is 0 Å². The number of thiophene rings is 1. The Morgan fingerprint density at radius 1 is 1.41 bits per heavy atom. The molecule has 2 atom stereocenters. The van der Waals surface area contributed by atoms with Crippen molar-refractivity contribution in [1.29, 1.82) is 0 Å². The number of nitrogens with one attached hydrogen (secondary N) is 1. The SMILES string of the molecule is CC(C)(O)c1ccc(C(=O)c2cncnc2N[C@H]2CC[C@@H](COS(N)(=O)=O)C2)s1. The quantitative estimate of drug-likeness (QED) is 0.527. The fraction of sp³-hybridized carbons (Fsp3) is 0.500. The van der Waals surface area contributed by atoms with Gasteiger partial charge in [-0.25, -0.2) is 15.1 Å². The van der Waals surface area contributed by atoms with E-state index in [0.717, 1.165) is 12.8 Å². The molecule has 0 spiro atoms. The Morgan fingerprint density at radius 2 is 2.17 bits per heavy atom. The molecule has 11 heteroatoms. The number of nitrogens with two attached hydrogens (primary N) is 1. The van der Waals surface area contributed by atoms with Gasteiger partial charge in [-0.1, -0.05) is 0 Å². The van der Waals surface area contributed by atoms with E-state index in [4.69, 9.17) is 5.14 Å². The number of nitrogens with zero attached hydrogens (tertiary/aromatic N) is 2. The Kier molecular flexibility index (Phi) is 6.34. The minimum absolute atomic E-state index is 0.0285. The molecule has 9 nitrogen and oxygen atoms in total. The predicted molar refractivity (Wildman–Crippen MR) is 109 cm³/mol. The van der Waals surface area contributed by atoms with E-state index in [-0.39, 0.29) is 24.3 Å². The van der Waals surface area contributed by atoms with E-state index in [2.05, 4.69) is 19.5 Å². The summed E-state index contributed by atoms with van der Waals surface area (Å²) in [7, 11) is -3.95. The predicted octanol–water partition coefficient (Wildman–Crippen LogP) is 1.80. The van der Waals surface area contributed by atoms with Crippen molar-refractivity contribution in [1.82, 2.24) is 9.97 Å². The van der Waals surface area contributed by atoms with Gasteiger partial charge in [0, 0.05) is 17.1 Å². The highest BCUT2D eigenvalue weighted by Crippen LogP contribution is 2.32. The zero-order chi connectivity index (χ0) is 21.2. The molecule has 0 aliphatic heterocycles. The van der Waals surface area contributed by atoms with Gasteiger partial charge in [-0.05, 0) is 51.2 Å². The van der Waals surface area contributed by atoms with Crippen LogP contribution in [0.1, 0.15) is 53.2 Å². The lowest BCUT2D eigenvalue weighted by atomic mass is 10.1. The van der Waals surface area contributed by atoms with E-state index in [1.807, 2.05) is 0 Å². The monoisotopic (exact) mass is 440 g/mol. The molecule has 0 bridgehead atoms. The third kappa shape index (κ3) is 5.80. The number of aromatic nitrogens is 2. The Labute approximate surface area is 173 Å². The van der Waals surface area contributed by atoms with Crippen molar-refractivity contribution < 1.29 is 22.5 Å². The molecule has 1 fully saturated rings. The van der Waals surface area contributed by atoms with Crippen LogP contribution in [0.15, 0.2) is 24.7 Å². The third-order valence-corrected chi connectivity index (χ3v) is 6.60. The van der Waals surface area contributed by atoms with Gasteiger partial charge >= 0.3 is 10.3 Å². The highest BCUT2D eigenvalue weighted by molar-refractivity contribution is 7.84. The maximum Gasteiger partial charge on any atom is 0.333 e. The Morgan fingerprint density at radius 3 is 2.83 bits per heavy atom. The maximum atomic E-state index is 13.0. The summed E-state index contributed by atoms with van der Waals surface area (Å²) in [6.07, 6.45) is 5.08. The molecular weight excluding hydrogens is 416 g/mol. The number of rotatable bonds is 8.